The second kappa shape index (κ2) is 4.72. The highest BCUT2D eigenvalue weighted by Gasteiger charge is 2.27. The first kappa shape index (κ1) is 11.4. The zero-order valence-electron chi connectivity index (χ0n) is 8.78. The molecule has 0 spiro atoms. The maximum absolute atomic E-state index is 11.4. The molecule has 0 saturated heterocycles. The number of carbonyl (C=O) groups excluding carboxylic acids is 1. The van der Waals surface area contributed by atoms with Crippen LogP contribution in [-0.4, -0.2) is 17.5 Å². The lowest BCUT2D eigenvalue weighted by molar-refractivity contribution is -0.428. The lowest BCUT2D eigenvalue weighted by Gasteiger charge is -2.11. The number of rotatable bonds is 3. The summed E-state index contributed by atoms with van der Waals surface area (Å²) in [6, 6.07) is 0. The molecule has 1 rings (SSSR count). The lowest BCUT2D eigenvalue weighted by atomic mass is 9.97. The summed E-state index contributed by atoms with van der Waals surface area (Å²) < 4.78 is 4.77. The van der Waals surface area contributed by atoms with E-state index in [1.165, 1.54) is 0 Å². The molecule has 0 amide bonds. The summed E-state index contributed by atoms with van der Waals surface area (Å²) in [6.07, 6.45) is 2.33. The molecule has 15 heavy (non-hydrogen) atoms. The number of esters is 1. The molecule has 0 aromatic heterocycles. The van der Waals surface area contributed by atoms with E-state index in [0.717, 1.165) is 5.57 Å². The number of hydrogen-bond donors (Lipinski definition) is 0. The number of hydrogen-bond acceptors (Lipinski definition) is 4. The predicted molar refractivity (Wildman–Crippen MR) is 53.6 cm³/mol. The van der Waals surface area contributed by atoms with Crippen LogP contribution < -0.4 is 0 Å². The van der Waals surface area contributed by atoms with E-state index in [0.29, 0.717) is 6.42 Å². The Morgan fingerprint density at radius 2 is 2.33 bits per heavy atom. The minimum Gasteiger partial charge on any atom is -0.462 e. The maximum Gasteiger partial charge on any atom is 0.340 e. The number of nitro groups is 1. The van der Waals surface area contributed by atoms with Crippen molar-refractivity contribution in [1.82, 2.24) is 0 Å². The fraction of sp³-hybridized carbons (Fsp3) is 0.500. The zero-order valence-corrected chi connectivity index (χ0v) is 8.78. The summed E-state index contributed by atoms with van der Waals surface area (Å²) in [4.78, 5) is 21.6. The molecule has 0 aromatic rings. The van der Waals surface area contributed by atoms with E-state index in [1.54, 1.807) is 6.92 Å². The van der Waals surface area contributed by atoms with Crippen molar-refractivity contribution in [3.8, 4) is 0 Å². The van der Waals surface area contributed by atoms with E-state index < -0.39 is 10.9 Å². The molecule has 82 valence electrons. The predicted octanol–water partition coefficient (Wildman–Crippen LogP) is 1.82. The van der Waals surface area contributed by atoms with Crippen LogP contribution in [0.2, 0.25) is 0 Å². The monoisotopic (exact) mass is 211 g/mol. The summed E-state index contributed by atoms with van der Waals surface area (Å²) in [7, 11) is 0. The van der Waals surface area contributed by atoms with Crippen LogP contribution in [0, 0.1) is 10.1 Å². The minimum absolute atomic E-state index is 0.0338. The van der Waals surface area contributed by atoms with Gasteiger partial charge < -0.3 is 4.74 Å². The van der Waals surface area contributed by atoms with Gasteiger partial charge in [0.25, 0.3) is 5.70 Å². The molecule has 0 aliphatic heterocycles. The van der Waals surface area contributed by atoms with Crippen molar-refractivity contribution in [3.63, 3.8) is 0 Å². The summed E-state index contributed by atoms with van der Waals surface area (Å²) in [6.45, 7) is 3.72. The van der Waals surface area contributed by atoms with E-state index in [1.807, 2.05) is 13.0 Å². The SMILES string of the molecule is CCOC(=O)C1=C([N+](=O)[O-])CC(C)=CC1. The summed E-state index contributed by atoms with van der Waals surface area (Å²) in [5, 5.41) is 10.7. The van der Waals surface area contributed by atoms with Gasteiger partial charge in [-0.05, 0) is 13.8 Å². The third kappa shape index (κ3) is 2.65. The van der Waals surface area contributed by atoms with Gasteiger partial charge in [-0.25, -0.2) is 4.79 Å². The molecule has 0 atom stereocenters. The minimum atomic E-state index is -0.576. The van der Waals surface area contributed by atoms with Crippen molar-refractivity contribution in [2.45, 2.75) is 26.7 Å². The fourth-order valence-corrected chi connectivity index (χ4v) is 1.43. The quantitative estimate of drug-likeness (QED) is 0.309. The molecular formula is C10H13NO4. The van der Waals surface area contributed by atoms with Gasteiger partial charge in [-0.3, -0.25) is 10.1 Å². The van der Waals surface area contributed by atoms with Crippen molar-refractivity contribution < 1.29 is 14.5 Å². The zero-order chi connectivity index (χ0) is 11.4. The maximum atomic E-state index is 11.4. The molecule has 1 aliphatic carbocycles. The van der Waals surface area contributed by atoms with E-state index in [4.69, 9.17) is 4.74 Å². The van der Waals surface area contributed by atoms with Crippen LogP contribution in [-0.2, 0) is 9.53 Å². The van der Waals surface area contributed by atoms with Crippen molar-refractivity contribution in [3.05, 3.63) is 33.0 Å². The first-order valence-electron chi connectivity index (χ1n) is 4.75. The highest BCUT2D eigenvalue weighted by molar-refractivity contribution is 5.89. The molecule has 5 nitrogen and oxygen atoms in total. The van der Waals surface area contributed by atoms with Gasteiger partial charge in [-0.15, -0.1) is 0 Å². The molecule has 0 heterocycles. The van der Waals surface area contributed by atoms with E-state index >= 15 is 0 Å². The Kier molecular flexibility index (Phi) is 3.60. The first-order valence-corrected chi connectivity index (χ1v) is 4.75. The fourth-order valence-electron chi connectivity index (χ4n) is 1.43. The molecule has 0 unspecified atom stereocenters. The van der Waals surface area contributed by atoms with Crippen LogP contribution in [0.5, 0.6) is 0 Å². The average molecular weight is 211 g/mol. The van der Waals surface area contributed by atoms with Gasteiger partial charge in [0, 0.05) is 6.42 Å². The Hall–Kier alpha value is -1.65. The van der Waals surface area contributed by atoms with Crippen LogP contribution >= 0.6 is 0 Å². The lowest BCUT2D eigenvalue weighted by Crippen LogP contribution is -2.16. The van der Waals surface area contributed by atoms with Crippen molar-refractivity contribution in [2.24, 2.45) is 0 Å². The molecule has 0 N–H and O–H groups in total. The molecule has 1 aliphatic rings. The smallest absolute Gasteiger partial charge is 0.340 e. The van der Waals surface area contributed by atoms with Crippen molar-refractivity contribution in [2.75, 3.05) is 6.61 Å². The Bertz CT molecular complexity index is 354. The standard InChI is InChI=1S/C10H13NO4/c1-3-15-10(12)8-5-4-7(2)6-9(8)11(13)14/h4H,3,5-6H2,1-2H3. The summed E-state index contributed by atoms with van der Waals surface area (Å²) in [5.41, 5.74) is 1.05. The van der Waals surface area contributed by atoms with Gasteiger partial charge in [-0.2, -0.15) is 0 Å². The Morgan fingerprint density at radius 1 is 1.67 bits per heavy atom. The Balaban J connectivity index is 2.95. The van der Waals surface area contributed by atoms with Gasteiger partial charge in [0.1, 0.15) is 5.57 Å². The second-order valence-electron chi connectivity index (χ2n) is 3.33. The Morgan fingerprint density at radius 3 is 2.87 bits per heavy atom. The number of allylic oxidation sites excluding steroid dienone is 2. The number of nitrogens with zero attached hydrogens (tertiary/aromatic N) is 1. The Labute approximate surface area is 87.6 Å². The highest BCUT2D eigenvalue weighted by Crippen LogP contribution is 2.25. The van der Waals surface area contributed by atoms with Crippen LogP contribution in [0.3, 0.4) is 0 Å². The molecule has 0 saturated carbocycles. The van der Waals surface area contributed by atoms with Gasteiger partial charge in [0.2, 0.25) is 0 Å². The van der Waals surface area contributed by atoms with E-state index in [-0.39, 0.29) is 24.3 Å². The van der Waals surface area contributed by atoms with Crippen LogP contribution in [0.4, 0.5) is 0 Å². The van der Waals surface area contributed by atoms with E-state index in [2.05, 4.69) is 0 Å². The van der Waals surface area contributed by atoms with Gasteiger partial charge in [-0.1, -0.05) is 11.6 Å². The third-order valence-corrected chi connectivity index (χ3v) is 2.19. The molecule has 0 bridgehead atoms. The summed E-state index contributed by atoms with van der Waals surface area (Å²) in [5.74, 6) is -0.576. The topological polar surface area (TPSA) is 69.4 Å². The van der Waals surface area contributed by atoms with Crippen molar-refractivity contribution >= 4 is 5.97 Å². The van der Waals surface area contributed by atoms with E-state index in [9.17, 15) is 14.9 Å². The first-order chi connectivity index (χ1) is 7.06. The van der Waals surface area contributed by atoms with Gasteiger partial charge >= 0.3 is 5.97 Å². The molecular weight excluding hydrogens is 198 g/mol. The van der Waals surface area contributed by atoms with Gasteiger partial charge in [0.05, 0.1) is 18.0 Å². The van der Waals surface area contributed by atoms with Gasteiger partial charge in [0.15, 0.2) is 0 Å². The second-order valence-corrected chi connectivity index (χ2v) is 3.33. The molecule has 5 heteroatoms. The molecule has 0 fully saturated rings. The number of carbonyl (C=O) groups is 1. The highest BCUT2D eigenvalue weighted by atomic mass is 16.6. The molecule has 0 aromatic carbocycles. The molecule has 0 radical (unpaired) electrons. The van der Waals surface area contributed by atoms with Crippen LogP contribution in [0.1, 0.15) is 26.7 Å². The normalized spacial score (nSPS) is 16.0. The average Bonchev–Trinajstić information content (AvgIpc) is 2.17. The van der Waals surface area contributed by atoms with Crippen LogP contribution in [0.15, 0.2) is 22.9 Å². The third-order valence-electron chi connectivity index (χ3n) is 2.19. The number of ether oxygens (including phenoxy) is 1. The summed E-state index contributed by atoms with van der Waals surface area (Å²) >= 11 is 0. The van der Waals surface area contributed by atoms with Crippen molar-refractivity contribution in [1.29, 1.82) is 0 Å². The largest absolute Gasteiger partial charge is 0.462 e. The van der Waals surface area contributed by atoms with Crippen LogP contribution in [0.25, 0.3) is 0 Å².